The molecule has 6 nitrogen and oxygen atoms in total. The molecule has 0 aliphatic rings. The Labute approximate surface area is 109 Å². The monoisotopic (exact) mass is 274 g/mol. The van der Waals surface area contributed by atoms with Crippen LogP contribution in [0.3, 0.4) is 0 Å². The molecule has 0 fully saturated rings. The van der Waals surface area contributed by atoms with Crippen LogP contribution in [0.15, 0.2) is 29.2 Å². The first kappa shape index (κ1) is 17.8. The van der Waals surface area contributed by atoms with Gasteiger partial charge in [-0.15, -0.1) is 0 Å². The molecule has 0 saturated heterocycles. The van der Waals surface area contributed by atoms with Gasteiger partial charge in [0.2, 0.25) is 11.6 Å². The molecular weight excluding hydrogens is 264 g/mol. The zero-order chi connectivity index (χ0) is 14.2. The molecule has 17 heavy (non-hydrogen) atoms. The van der Waals surface area contributed by atoms with Gasteiger partial charge in [-0.25, -0.2) is 4.79 Å². The van der Waals surface area contributed by atoms with Gasteiger partial charge in [-0.3, -0.25) is 9.59 Å². The average molecular weight is 274 g/mol. The van der Waals surface area contributed by atoms with Gasteiger partial charge in [0.15, 0.2) is 5.57 Å². The van der Waals surface area contributed by atoms with Crippen LogP contribution in [0.1, 0.15) is 13.8 Å². The molecule has 90 valence electrons. The zero-order valence-electron chi connectivity index (χ0n) is 9.23. The quantitative estimate of drug-likeness (QED) is 0.195. The van der Waals surface area contributed by atoms with Crippen LogP contribution in [0.4, 0.5) is 0 Å². The van der Waals surface area contributed by atoms with E-state index in [0.29, 0.717) is 0 Å². The first-order chi connectivity index (χ1) is 7.82. The van der Waals surface area contributed by atoms with Gasteiger partial charge in [0.1, 0.15) is 5.94 Å². The van der Waals surface area contributed by atoms with Crippen molar-refractivity contribution in [3.05, 3.63) is 29.2 Å². The first-order valence-corrected chi connectivity index (χ1v) is 4.75. The Morgan fingerprint density at radius 2 is 1.53 bits per heavy atom. The van der Waals surface area contributed by atoms with Crippen LogP contribution in [0.5, 0.6) is 0 Å². The standard InChI is InChI=1S/C10H10O5.O.Ti/c1-5(2)8(12)7(4-11)9(13)6(3)10(14)15;;/h14-15H,1H2,2-3H3;;. The fraction of sp³-hybridized carbons (Fsp3) is 0.200. The van der Waals surface area contributed by atoms with Gasteiger partial charge in [0.25, 0.3) is 5.95 Å². The van der Waals surface area contributed by atoms with E-state index in [4.69, 9.17) is 13.5 Å². The fourth-order valence-electron chi connectivity index (χ4n) is 0.698. The van der Waals surface area contributed by atoms with Gasteiger partial charge < -0.3 is 10.2 Å². The van der Waals surface area contributed by atoms with Crippen molar-refractivity contribution in [2.24, 2.45) is 0 Å². The van der Waals surface area contributed by atoms with Crippen molar-refractivity contribution in [1.29, 1.82) is 0 Å². The molecule has 0 aromatic rings. The van der Waals surface area contributed by atoms with Crippen LogP contribution < -0.4 is 0 Å². The van der Waals surface area contributed by atoms with Crippen molar-refractivity contribution >= 4 is 17.5 Å². The number of aliphatic hydroxyl groups is 2. The third-order valence-electron chi connectivity index (χ3n) is 1.62. The van der Waals surface area contributed by atoms with Crippen LogP contribution in [0, 0.1) is 0 Å². The van der Waals surface area contributed by atoms with Crippen LogP contribution in [0.2, 0.25) is 0 Å². The molecule has 0 amide bonds. The van der Waals surface area contributed by atoms with Crippen molar-refractivity contribution in [2.45, 2.75) is 13.8 Å². The van der Waals surface area contributed by atoms with Crippen molar-refractivity contribution in [1.82, 2.24) is 0 Å². The van der Waals surface area contributed by atoms with Crippen LogP contribution in [-0.2, 0) is 38.1 Å². The Balaban J connectivity index is 0. The summed E-state index contributed by atoms with van der Waals surface area (Å²) in [4.78, 5) is 32.9. The predicted molar refractivity (Wildman–Crippen MR) is 52.7 cm³/mol. The van der Waals surface area contributed by atoms with E-state index in [1.54, 1.807) is 0 Å². The number of carbonyl (C=O) groups excluding carboxylic acids is 3. The molecule has 0 heterocycles. The second-order valence-corrected chi connectivity index (χ2v) is 2.86. The van der Waals surface area contributed by atoms with E-state index in [9.17, 15) is 14.4 Å². The Kier molecular flexibility index (Phi) is 8.91. The van der Waals surface area contributed by atoms with Gasteiger partial charge in [-0.2, -0.15) is 0 Å². The number of hydrogen-bond acceptors (Lipinski definition) is 6. The Morgan fingerprint density at radius 3 is 1.76 bits per heavy atom. The number of allylic oxidation sites excluding steroid dienone is 3. The van der Waals surface area contributed by atoms with E-state index in [2.05, 4.69) is 6.58 Å². The van der Waals surface area contributed by atoms with Crippen molar-refractivity contribution in [3.63, 3.8) is 0 Å². The molecule has 0 bridgehead atoms. The van der Waals surface area contributed by atoms with Gasteiger partial charge >= 0.3 is 23.7 Å². The number of Topliss-reactive ketones (excluding diaryl/α,β-unsaturated/α-hetero) is 2. The second kappa shape index (κ2) is 8.53. The summed E-state index contributed by atoms with van der Waals surface area (Å²) in [5, 5.41) is 17.2. The summed E-state index contributed by atoms with van der Waals surface area (Å²) < 4.78 is 8.25. The molecule has 7 heteroatoms. The van der Waals surface area contributed by atoms with Crippen molar-refractivity contribution in [2.75, 3.05) is 0 Å². The summed E-state index contributed by atoms with van der Waals surface area (Å²) >= 11 is 0.750. The minimum atomic E-state index is -1.23. The van der Waals surface area contributed by atoms with E-state index in [1.807, 2.05) is 0 Å². The summed E-state index contributed by atoms with van der Waals surface area (Å²) in [5.41, 5.74) is -1.30. The molecule has 2 N–H and O–H groups in total. The Bertz CT molecular complexity index is 424. The summed E-state index contributed by atoms with van der Waals surface area (Å²) in [6, 6.07) is 0. The Morgan fingerprint density at radius 1 is 1.12 bits per heavy atom. The minimum absolute atomic E-state index is 0.00747. The molecule has 0 aromatic heterocycles. The van der Waals surface area contributed by atoms with Gasteiger partial charge in [-0.05, 0) is 19.4 Å². The third kappa shape index (κ3) is 5.31. The van der Waals surface area contributed by atoms with Crippen LogP contribution in [-0.4, -0.2) is 27.7 Å². The maximum atomic E-state index is 11.3. The predicted octanol–water partition coefficient (Wildman–Crippen LogP) is 0.685. The summed E-state index contributed by atoms with van der Waals surface area (Å²) in [6.45, 7) is 5.66. The first-order valence-electron chi connectivity index (χ1n) is 4.12. The summed E-state index contributed by atoms with van der Waals surface area (Å²) in [7, 11) is 0. The molecule has 0 aliphatic carbocycles. The van der Waals surface area contributed by atoms with Crippen LogP contribution in [0.25, 0.3) is 0 Å². The molecule has 0 saturated carbocycles. The average Bonchev–Trinajstić information content (AvgIpc) is 2.30. The number of aliphatic hydroxyl groups excluding tert-OH is 1. The van der Waals surface area contributed by atoms with E-state index < -0.39 is 28.7 Å². The number of rotatable bonds is 4. The van der Waals surface area contributed by atoms with E-state index in [0.717, 1.165) is 27.3 Å². The second-order valence-electron chi connectivity index (χ2n) is 2.86. The molecule has 0 rings (SSSR count). The van der Waals surface area contributed by atoms with Crippen molar-refractivity contribution < 1.29 is 48.3 Å². The number of ketones is 2. The molecule has 0 spiro atoms. The number of hydrogen-bond donors (Lipinski definition) is 2. The molecular formula is C10H10O6Ti. The van der Waals surface area contributed by atoms with Gasteiger partial charge in [0.05, 0.1) is 5.57 Å². The topological polar surface area (TPSA) is 109 Å². The Hall–Kier alpha value is -1.62. The van der Waals surface area contributed by atoms with Gasteiger partial charge in [0, 0.05) is 0 Å². The summed E-state index contributed by atoms with van der Waals surface area (Å²) in [6.07, 6.45) is 0. The molecule has 0 unspecified atom stereocenters. The van der Waals surface area contributed by atoms with E-state index in [-0.39, 0.29) is 5.57 Å². The maximum absolute atomic E-state index is 11.3. The van der Waals surface area contributed by atoms with E-state index in [1.165, 1.54) is 12.9 Å². The van der Waals surface area contributed by atoms with Gasteiger partial charge in [-0.1, -0.05) is 6.58 Å². The SMILES string of the molecule is C=C(C)C(=O)C(=C=O)C(=O)C(C)=C(O)O.[O]=[Ti]. The molecule has 0 aromatic carbocycles. The fourth-order valence-corrected chi connectivity index (χ4v) is 0.698. The zero-order valence-corrected chi connectivity index (χ0v) is 10.8. The summed E-state index contributed by atoms with van der Waals surface area (Å²) in [5.74, 6) is -2.00. The molecule has 0 atom stereocenters. The molecule has 0 aliphatic heterocycles. The normalized spacial score (nSPS) is 7.82. The van der Waals surface area contributed by atoms with E-state index >= 15 is 0 Å². The molecule has 0 radical (unpaired) electrons. The van der Waals surface area contributed by atoms with Crippen molar-refractivity contribution in [3.8, 4) is 0 Å². The van der Waals surface area contributed by atoms with Crippen LogP contribution >= 0.6 is 0 Å². The third-order valence-corrected chi connectivity index (χ3v) is 1.62. The number of carbonyl (C=O) groups is 2.